The second-order valence-corrected chi connectivity index (χ2v) is 4.62. The minimum atomic E-state index is -0.551. The van der Waals surface area contributed by atoms with E-state index in [1.165, 1.54) is 19.2 Å². The van der Waals surface area contributed by atoms with Gasteiger partial charge in [-0.2, -0.15) is 0 Å². The molecule has 0 saturated carbocycles. The summed E-state index contributed by atoms with van der Waals surface area (Å²) in [6.45, 7) is 0. The van der Waals surface area contributed by atoms with Crippen LogP contribution >= 0.6 is 22.9 Å². The maximum absolute atomic E-state index is 13.0. The zero-order valence-corrected chi connectivity index (χ0v) is 10.8. The molecule has 0 aliphatic rings. The Morgan fingerprint density at radius 2 is 2.33 bits per heavy atom. The second kappa shape index (κ2) is 5.32. The molecule has 1 aromatic heterocycles. The first-order valence-electron chi connectivity index (χ1n) is 4.87. The van der Waals surface area contributed by atoms with Gasteiger partial charge in [0.1, 0.15) is 5.82 Å². The van der Waals surface area contributed by atoms with Crippen LogP contribution in [0.15, 0.2) is 24.3 Å². The van der Waals surface area contributed by atoms with Crippen molar-refractivity contribution < 1.29 is 13.9 Å². The highest BCUT2D eigenvalue weighted by molar-refractivity contribution is 7.18. The number of anilines is 2. The molecule has 0 saturated heterocycles. The molecule has 0 fully saturated rings. The number of hydrogen-bond acceptors (Lipinski definition) is 5. The van der Waals surface area contributed by atoms with Gasteiger partial charge >= 0.3 is 5.97 Å². The van der Waals surface area contributed by atoms with Crippen LogP contribution in [0.3, 0.4) is 0 Å². The Hall–Kier alpha value is -1.66. The van der Waals surface area contributed by atoms with Gasteiger partial charge in [-0.15, -0.1) is 0 Å². The Kier molecular flexibility index (Phi) is 3.78. The average molecular weight is 287 g/mol. The van der Waals surface area contributed by atoms with Gasteiger partial charge < -0.3 is 10.1 Å². The van der Waals surface area contributed by atoms with Crippen LogP contribution in [0, 0.1) is 5.82 Å². The highest BCUT2D eigenvalue weighted by Crippen LogP contribution is 2.29. The van der Waals surface area contributed by atoms with E-state index >= 15 is 0 Å². The summed E-state index contributed by atoms with van der Waals surface area (Å²) in [4.78, 5) is 15.5. The maximum atomic E-state index is 13.0. The van der Waals surface area contributed by atoms with Crippen molar-refractivity contribution in [2.24, 2.45) is 0 Å². The SMILES string of the molecule is COC(=O)c1sc(Nc2cccc(F)c2)nc1Cl. The Balaban J connectivity index is 2.23. The van der Waals surface area contributed by atoms with Crippen LogP contribution in [0.5, 0.6) is 0 Å². The number of carbonyl (C=O) groups is 1. The lowest BCUT2D eigenvalue weighted by Gasteiger charge is -2.01. The smallest absolute Gasteiger partial charge is 0.351 e. The Morgan fingerprint density at radius 1 is 1.56 bits per heavy atom. The van der Waals surface area contributed by atoms with E-state index in [9.17, 15) is 9.18 Å². The number of nitrogens with zero attached hydrogens (tertiary/aromatic N) is 1. The fourth-order valence-electron chi connectivity index (χ4n) is 1.26. The molecule has 0 amide bonds. The topological polar surface area (TPSA) is 51.2 Å². The second-order valence-electron chi connectivity index (χ2n) is 3.27. The molecule has 18 heavy (non-hydrogen) atoms. The molecule has 1 aromatic carbocycles. The van der Waals surface area contributed by atoms with Gasteiger partial charge in [-0.25, -0.2) is 14.2 Å². The molecule has 0 radical (unpaired) electrons. The van der Waals surface area contributed by atoms with E-state index in [2.05, 4.69) is 15.0 Å². The van der Waals surface area contributed by atoms with Gasteiger partial charge in [0.15, 0.2) is 15.2 Å². The largest absolute Gasteiger partial charge is 0.465 e. The molecule has 0 aliphatic carbocycles. The number of nitrogens with one attached hydrogen (secondary N) is 1. The molecule has 94 valence electrons. The van der Waals surface area contributed by atoms with Gasteiger partial charge in [0.05, 0.1) is 7.11 Å². The zero-order valence-electron chi connectivity index (χ0n) is 9.24. The highest BCUT2D eigenvalue weighted by Gasteiger charge is 2.17. The number of methoxy groups -OCH3 is 1. The number of rotatable bonds is 3. The number of benzene rings is 1. The third kappa shape index (κ3) is 2.77. The average Bonchev–Trinajstić information content (AvgIpc) is 2.69. The summed E-state index contributed by atoms with van der Waals surface area (Å²) in [5, 5.41) is 3.32. The molecule has 4 nitrogen and oxygen atoms in total. The highest BCUT2D eigenvalue weighted by atomic mass is 35.5. The standard InChI is InChI=1S/C11H8ClFN2O2S/c1-17-10(16)8-9(12)15-11(18-8)14-7-4-2-3-6(13)5-7/h2-5H,1H3,(H,14,15). The summed E-state index contributed by atoms with van der Waals surface area (Å²) in [6.07, 6.45) is 0. The normalized spacial score (nSPS) is 10.2. The predicted molar refractivity (Wildman–Crippen MR) is 68.1 cm³/mol. The fraction of sp³-hybridized carbons (Fsp3) is 0.0909. The Bertz CT molecular complexity index is 588. The molecule has 7 heteroatoms. The van der Waals surface area contributed by atoms with Gasteiger partial charge in [0.25, 0.3) is 0 Å². The Morgan fingerprint density at radius 3 is 3.00 bits per heavy atom. The van der Waals surface area contributed by atoms with Crippen molar-refractivity contribution in [1.29, 1.82) is 0 Å². The molecular weight excluding hydrogens is 279 g/mol. The summed E-state index contributed by atoms with van der Waals surface area (Å²) in [7, 11) is 1.26. The van der Waals surface area contributed by atoms with Crippen molar-refractivity contribution >= 4 is 39.7 Å². The molecule has 0 aliphatic heterocycles. The van der Waals surface area contributed by atoms with Gasteiger partial charge in [-0.3, -0.25) is 0 Å². The predicted octanol–water partition coefficient (Wildman–Crippen LogP) is 3.47. The molecule has 0 unspecified atom stereocenters. The first kappa shape index (κ1) is 12.8. The Labute approximate surface area is 111 Å². The van der Waals surface area contributed by atoms with Gasteiger partial charge in [-0.1, -0.05) is 29.0 Å². The summed E-state index contributed by atoms with van der Waals surface area (Å²) >= 11 is 6.84. The lowest BCUT2D eigenvalue weighted by molar-refractivity contribution is 0.0606. The van der Waals surface area contributed by atoms with E-state index < -0.39 is 5.97 Å². The summed E-state index contributed by atoms with van der Waals surface area (Å²) in [6, 6.07) is 5.89. The van der Waals surface area contributed by atoms with Crippen molar-refractivity contribution in [2.45, 2.75) is 0 Å². The lowest BCUT2D eigenvalue weighted by Crippen LogP contribution is -1.98. The molecule has 0 atom stereocenters. The number of hydrogen-bond donors (Lipinski definition) is 1. The number of carbonyl (C=O) groups excluding carboxylic acids is 1. The van der Waals surface area contributed by atoms with Crippen LogP contribution < -0.4 is 5.32 Å². The van der Waals surface area contributed by atoms with Crippen LogP contribution in [0.25, 0.3) is 0 Å². The first-order chi connectivity index (χ1) is 8.60. The summed E-state index contributed by atoms with van der Waals surface area (Å²) in [5.74, 6) is -0.916. The van der Waals surface area contributed by atoms with E-state index in [1.54, 1.807) is 12.1 Å². The van der Waals surface area contributed by atoms with Crippen molar-refractivity contribution in [3.05, 3.63) is 40.1 Å². The van der Waals surface area contributed by atoms with E-state index in [1.807, 2.05) is 0 Å². The quantitative estimate of drug-likeness (QED) is 0.878. The maximum Gasteiger partial charge on any atom is 0.351 e. The van der Waals surface area contributed by atoms with Gasteiger partial charge in [0.2, 0.25) is 0 Å². The van der Waals surface area contributed by atoms with E-state index in [-0.39, 0.29) is 15.8 Å². The minimum Gasteiger partial charge on any atom is -0.465 e. The van der Waals surface area contributed by atoms with Crippen LogP contribution in [0.4, 0.5) is 15.2 Å². The van der Waals surface area contributed by atoms with Crippen molar-refractivity contribution in [1.82, 2.24) is 4.98 Å². The third-order valence-electron chi connectivity index (χ3n) is 2.03. The molecule has 1 N–H and O–H groups in total. The van der Waals surface area contributed by atoms with E-state index in [0.717, 1.165) is 11.3 Å². The first-order valence-corrected chi connectivity index (χ1v) is 6.07. The number of aromatic nitrogens is 1. The minimum absolute atomic E-state index is 0.0609. The number of thiazole rings is 1. The number of esters is 1. The van der Waals surface area contributed by atoms with Crippen LogP contribution in [0.1, 0.15) is 9.67 Å². The lowest BCUT2D eigenvalue weighted by atomic mass is 10.3. The molecular formula is C11H8ClFN2O2S. The molecule has 2 rings (SSSR count). The monoisotopic (exact) mass is 286 g/mol. The van der Waals surface area contributed by atoms with Gasteiger partial charge in [0, 0.05) is 5.69 Å². The zero-order chi connectivity index (χ0) is 13.1. The third-order valence-corrected chi connectivity index (χ3v) is 3.37. The van der Waals surface area contributed by atoms with Crippen molar-refractivity contribution in [3.8, 4) is 0 Å². The number of ether oxygens (including phenoxy) is 1. The van der Waals surface area contributed by atoms with Crippen molar-refractivity contribution in [3.63, 3.8) is 0 Å². The number of halogens is 2. The summed E-state index contributed by atoms with van der Waals surface area (Å²) in [5.41, 5.74) is 0.525. The summed E-state index contributed by atoms with van der Waals surface area (Å²) < 4.78 is 17.5. The molecule has 2 aromatic rings. The van der Waals surface area contributed by atoms with Crippen molar-refractivity contribution in [2.75, 3.05) is 12.4 Å². The van der Waals surface area contributed by atoms with Crippen LogP contribution in [0.2, 0.25) is 5.15 Å². The van der Waals surface area contributed by atoms with E-state index in [4.69, 9.17) is 11.6 Å². The van der Waals surface area contributed by atoms with Crippen LogP contribution in [-0.4, -0.2) is 18.1 Å². The van der Waals surface area contributed by atoms with Gasteiger partial charge in [-0.05, 0) is 18.2 Å². The molecule has 0 spiro atoms. The van der Waals surface area contributed by atoms with Crippen LogP contribution in [-0.2, 0) is 4.74 Å². The van der Waals surface area contributed by atoms with E-state index in [0.29, 0.717) is 10.8 Å². The molecule has 1 heterocycles. The fourth-order valence-corrected chi connectivity index (χ4v) is 2.39. The molecule has 0 bridgehead atoms.